The van der Waals surface area contributed by atoms with Gasteiger partial charge in [0.25, 0.3) is 0 Å². The van der Waals surface area contributed by atoms with Crippen LogP contribution in [0.4, 0.5) is 5.69 Å². The summed E-state index contributed by atoms with van der Waals surface area (Å²) >= 11 is 0. The molecular weight excluding hydrogens is 395 g/mol. The standard InChI is InChI=1S/C6H7NO9S3.3Na/c7-3-1-2-4(17(8,9)10)6(19(14,15)16)5(3)18(11,12)13;;;/h1-2H,7H2,(H,8,9,10)(H,11,12,13)(H,14,15,16);;;/q;3*+1/p-3. The minimum atomic E-state index is -5.74. The van der Waals surface area contributed by atoms with Crippen molar-refractivity contribution in [2.75, 3.05) is 5.73 Å². The van der Waals surface area contributed by atoms with Crippen LogP contribution in [0.5, 0.6) is 0 Å². The molecule has 0 aliphatic heterocycles. The fourth-order valence-electron chi connectivity index (χ4n) is 1.25. The first kappa shape index (κ1) is 28.5. The van der Waals surface area contributed by atoms with E-state index >= 15 is 0 Å². The van der Waals surface area contributed by atoms with Crippen molar-refractivity contribution in [2.45, 2.75) is 14.7 Å². The van der Waals surface area contributed by atoms with Gasteiger partial charge in [-0.3, -0.25) is 0 Å². The molecule has 0 atom stereocenters. The Labute approximate surface area is 193 Å². The first-order chi connectivity index (χ1) is 8.26. The van der Waals surface area contributed by atoms with Crippen LogP contribution >= 0.6 is 0 Å². The van der Waals surface area contributed by atoms with Gasteiger partial charge < -0.3 is 19.4 Å². The van der Waals surface area contributed by atoms with Crippen LogP contribution in [-0.2, 0) is 30.4 Å². The van der Waals surface area contributed by atoms with Crippen molar-refractivity contribution >= 4 is 36.0 Å². The van der Waals surface area contributed by atoms with E-state index in [2.05, 4.69) is 0 Å². The topological polar surface area (TPSA) is 198 Å². The fourth-order valence-corrected chi connectivity index (χ4v) is 4.46. The second kappa shape index (κ2) is 9.45. The molecule has 0 unspecified atom stereocenters. The summed E-state index contributed by atoms with van der Waals surface area (Å²) in [4.78, 5) is -5.36. The summed E-state index contributed by atoms with van der Waals surface area (Å²) in [5.41, 5.74) is 4.08. The molecular formula is C6H4NNa3O9S3. The van der Waals surface area contributed by atoms with Crippen molar-refractivity contribution in [2.24, 2.45) is 0 Å². The Balaban J connectivity index is -0.00000120. The minimum Gasteiger partial charge on any atom is -0.744 e. The number of anilines is 1. The van der Waals surface area contributed by atoms with Crippen molar-refractivity contribution in [3.05, 3.63) is 12.1 Å². The van der Waals surface area contributed by atoms with Gasteiger partial charge in [0.2, 0.25) is 0 Å². The third-order valence-corrected chi connectivity index (χ3v) is 4.88. The van der Waals surface area contributed by atoms with Gasteiger partial charge in [0.1, 0.15) is 30.4 Å². The molecule has 2 N–H and O–H groups in total. The molecule has 22 heavy (non-hydrogen) atoms. The van der Waals surface area contributed by atoms with Crippen LogP contribution in [-0.4, -0.2) is 38.9 Å². The van der Waals surface area contributed by atoms with Gasteiger partial charge in [-0.05, 0) is 12.1 Å². The summed E-state index contributed by atoms with van der Waals surface area (Å²) in [6.45, 7) is 0. The SMILES string of the molecule is Nc1ccc(S(=O)(=O)[O-])c(S(=O)(=O)[O-])c1S(=O)(=O)[O-].[Na+].[Na+].[Na+]. The molecule has 0 aromatic heterocycles. The molecule has 0 bridgehead atoms. The van der Waals surface area contributed by atoms with E-state index in [0.29, 0.717) is 12.1 Å². The quantitative estimate of drug-likeness (QED) is 0.289. The zero-order valence-electron chi connectivity index (χ0n) is 11.6. The van der Waals surface area contributed by atoms with E-state index in [4.69, 9.17) is 5.73 Å². The van der Waals surface area contributed by atoms with Gasteiger partial charge in [-0.1, -0.05) is 0 Å². The Bertz CT molecular complexity index is 847. The Morgan fingerprint density at radius 2 is 1.05 bits per heavy atom. The Hall–Kier alpha value is 1.75. The molecule has 1 aromatic carbocycles. The number of hydrogen-bond acceptors (Lipinski definition) is 10. The summed E-state index contributed by atoms with van der Waals surface area (Å²) < 4.78 is 97.7. The summed E-state index contributed by atoms with van der Waals surface area (Å²) in [6, 6.07) is 0.849. The number of nitrogen functional groups attached to an aromatic ring is 1. The second-order valence-electron chi connectivity index (χ2n) is 3.17. The average molecular weight is 399 g/mol. The molecule has 108 valence electrons. The van der Waals surface area contributed by atoms with Gasteiger partial charge in [-0.15, -0.1) is 0 Å². The van der Waals surface area contributed by atoms with E-state index in [1.807, 2.05) is 0 Å². The Kier molecular flexibility index (Phi) is 12.3. The molecule has 0 fully saturated rings. The molecule has 0 heterocycles. The molecule has 1 aromatic rings. The normalized spacial score (nSPS) is 11.6. The third-order valence-electron chi connectivity index (χ3n) is 1.88. The predicted molar refractivity (Wildman–Crippen MR) is 54.7 cm³/mol. The molecule has 0 spiro atoms. The van der Waals surface area contributed by atoms with Crippen LogP contribution in [0.3, 0.4) is 0 Å². The number of benzene rings is 1. The third kappa shape index (κ3) is 6.93. The van der Waals surface area contributed by atoms with E-state index in [9.17, 15) is 38.9 Å². The van der Waals surface area contributed by atoms with Crippen molar-refractivity contribution in [3.63, 3.8) is 0 Å². The van der Waals surface area contributed by atoms with Crippen molar-refractivity contribution in [1.29, 1.82) is 0 Å². The maximum absolute atomic E-state index is 10.9. The molecule has 0 radical (unpaired) electrons. The molecule has 0 aliphatic carbocycles. The number of nitrogens with two attached hydrogens (primary N) is 1. The Morgan fingerprint density at radius 3 is 1.32 bits per heavy atom. The van der Waals surface area contributed by atoms with E-state index < -0.39 is 50.7 Å². The summed E-state index contributed by atoms with van der Waals surface area (Å²) in [5.74, 6) is 0. The van der Waals surface area contributed by atoms with Crippen molar-refractivity contribution in [3.8, 4) is 0 Å². The fraction of sp³-hybridized carbons (Fsp3) is 0. The van der Waals surface area contributed by atoms with Gasteiger partial charge in [0, 0.05) is 0 Å². The molecule has 1 rings (SSSR count). The smallest absolute Gasteiger partial charge is 0.744 e. The van der Waals surface area contributed by atoms with E-state index in [0.717, 1.165) is 0 Å². The van der Waals surface area contributed by atoms with E-state index in [-0.39, 0.29) is 88.7 Å². The molecule has 0 aliphatic rings. The number of hydrogen-bond donors (Lipinski definition) is 1. The number of rotatable bonds is 3. The summed E-state index contributed by atoms with van der Waals surface area (Å²) in [6.07, 6.45) is 0. The van der Waals surface area contributed by atoms with Gasteiger partial charge in [0.15, 0.2) is 0 Å². The monoisotopic (exact) mass is 399 g/mol. The zero-order chi connectivity index (χ0) is 15.2. The van der Waals surface area contributed by atoms with Crippen molar-refractivity contribution < 1.29 is 128 Å². The largest absolute Gasteiger partial charge is 1.00 e. The summed E-state index contributed by atoms with van der Waals surface area (Å²) in [7, 11) is -16.8. The van der Waals surface area contributed by atoms with Gasteiger partial charge in [-0.2, -0.15) is 0 Å². The molecule has 0 amide bonds. The first-order valence-electron chi connectivity index (χ1n) is 4.06. The van der Waals surface area contributed by atoms with Crippen LogP contribution < -0.4 is 94.4 Å². The average Bonchev–Trinajstić information content (AvgIpc) is 2.11. The van der Waals surface area contributed by atoms with Crippen molar-refractivity contribution in [1.82, 2.24) is 0 Å². The second-order valence-corrected chi connectivity index (χ2v) is 7.15. The van der Waals surface area contributed by atoms with Crippen LogP contribution in [0.2, 0.25) is 0 Å². The maximum Gasteiger partial charge on any atom is 1.00 e. The molecule has 0 saturated carbocycles. The summed E-state index contributed by atoms with van der Waals surface area (Å²) in [5, 5.41) is 0. The first-order valence-corrected chi connectivity index (χ1v) is 8.29. The Morgan fingerprint density at radius 1 is 0.682 bits per heavy atom. The molecule has 10 nitrogen and oxygen atoms in total. The zero-order valence-corrected chi connectivity index (χ0v) is 20.1. The van der Waals surface area contributed by atoms with Gasteiger partial charge >= 0.3 is 88.7 Å². The van der Waals surface area contributed by atoms with Crippen LogP contribution in [0.1, 0.15) is 0 Å². The van der Waals surface area contributed by atoms with E-state index in [1.54, 1.807) is 0 Å². The van der Waals surface area contributed by atoms with Gasteiger partial charge in [-0.25, -0.2) is 25.3 Å². The van der Waals surface area contributed by atoms with Crippen LogP contribution in [0, 0.1) is 0 Å². The molecule has 16 heteroatoms. The van der Waals surface area contributed by atoms with Crippen LogP contribution in [0.15, 0.2) is 26.8 Å². The molecule has 0 saturated heterocycles. The van der Waals surface area contributed by atoms with Gasteiger partial charge in [0.05, 0.1) is 20.4 Å². The van der Waals surface area contributed by atoms with E-state index in [1.165, 1.54) is 0 Å². The predicted octanol–water partition coefficient (Wildman–Crippen LogP) is -11.0. The minimum absolute atomic E-state index is 0. The maximum atomic E-state index is 10.9. The van der Waals surface area contributed by atoms with Crippen LogP contribution in [0.25, 0.3) is 0 Å².